The number of nitrogens with two attached hydrogens (primary N) is 1. The average Bonchev–Trinajstić information content (AvgIpc) is 2.37. The van der Waals surface area contributed by atoms with E-state index in [-0.39, 0.29) is 11.9 Å². The van der Waals surface area contributed by atoms with Crippen molar-refractivity contribution in [3.63, 3.8) is 0 Å². The van der Waals surface area contributed by atoms with Gasteiger partial charge in [0.2, 0.25) is 0 Å². The Morgan fingerprint density at radius 3 is 2.00 bits per heavy atom. The molecule has 1 unspecified atom stereocenters. The highest BCUT2D eigenvalue weighted by molar-refractivity contribution is 9.10. The lowest BCUT2D eigenvalue weighted by Gasteiger charge is -2.16. The molecule has 0 saturated heterocycles. The van der Waals surface area contributed by atoms with E-state index < -0.39 is 0 Å². The molecule has 0 aromatic heterocycles. The summed E-state index contributed by atoms with van der Waals surface area (Å²) in [5, 5.41) is 0. The third-order valence-electron chi connectivity index (χ3n) is 3.36. The summed E-state index contributed by atoms with van der Waals surface area (Å²) < 4.78 is 14.7. The van der Waals surface area contributed by atoms with Crippen molar-refractivity contribution in [3.8, 4) is 0 Å². The Kier molecular flexibility index (Phi) is 4.07. The molecule has 2 rings (SSSR count). The number of hydrogen-bond acceptors (Lipinski definition) is 1. The lowest BCUT2D eigenvalue weighted by molar-refractivity contribution is 0.607. The first-order valence-electron chi connectivity index (χ1n) is 6.18. The molecule has 2 aromatic carbocycles. The van der Waals surface area contributed by atoms with E-state index in [1.165, 1.54) is 0 Å². The summed E-state index contributed by atoms with van der Waals surface area (Å²) in [4.78, 5) is 0. The lowest BCUT2D eigenvalue weighted by Crippen LogP contribution is -2.13. The molecule has 1 nitrogen and oxygen atoms in total. The summed E-state index contributed by atoms with van der Waals surface area (Å²) >= 11 is 3.48. The van der Waals surface area contributed by atoms with Crippen LogP contribution in [0.5, 0.6) is 0 Å². The first-order valence-corrected chi connectivity index (χ1v) is 6.97. The molecule has 100 valence electrons. The second-order valence-electron chi connectivity index (χ2n) is 4.95. The zero-order valence-electron chi connectivity index (χ0n) is 11.3. The van der Waals surface area contributed by atoms with E-state index in [1.54, 1.807) is 13.8 Å². The van der Waals surface area contributed by atoms with Crippen molar-refractivity contribution in [1.82, 2.24) is 0 Å². The van der Waals surface area contributed by atoms with Gasteiger partial charge in [-0.2, -0.15) is 0 Å². The molecule has 0 amide bonds. The molecule has 0 fully saturated rings. The maximum atomic E-state index is 13.6. The second-order valence-corrected chi connectivity index (χ2v) is 5.81. The van der Waals surface area contributed by atoms with Crippen LogP contribution in [0.4, 0.5) is 4.39 Å². The summed E-state index contributed by atoms with van der Waals surface area (Å²) in [7, 11) is 0. The molecule has 2 N–H and O–H groups in total. The van der Waals surface area contributed by atoms with Crippen LogP contribution in [0.25, 0.3) is 0 Å². The highest BCUT2D eigenvalue weighted by Gasteiger charge is 2.13. The van der Waals surface area contributed by atoms with E-state index >= 15 is 0 Å². The Morgan fingerprint density at radius 2 is 1.47 bits per heavy atom. The first-order chi connectivity index (χ1) is 8.90. The molecule has 0 aliphatic heterocycles. The van der Waals surface area contributed by atoms with Crippen LogP contribution in [0.3, 0.4) is 0 Å². The minimum Gasteiger partial charge on any atom is -0.320 e. The first kappa shape index (κ1) is 14.2. The third kappa shape index (κ3) is 2.88. The van der Waals surface area contributed by atoms with E-state index in [0.29, 0.717) is 11.1 Å². The lowest BCUT2D eigenvalue weighted by atomic mass is 9.95. The van der Waals surface area contributed by atoms with Crippen LogP contribution in [0.1, 0.15) is 33.9 Å². The molecule has 0 bridgehead atoms. The molecule has 0 aliphatic rings. The number of aryl methyl sites for hydroxylation is 3. The number of halogens is 2. The summed E-state index contributed by atoms with van der Waals surface area (Å²) in [6.45, 7) is 5.57. The van der Waals surface area contributed by atoms with E-state index in [9.17, 15) is 4.39 Å². The summed E-state index contributed by atoms with van der Waals surface area (Å²) in [5.74, 6) is -0.150. The van der Waals surface area contributed by atoms with Gasteiger partial charge in [0.1, 0.15) is 5.82 Å². The topological polar surface area (TPSA) is 26.0 Å². The molecular formula is C16H17BrFN. The van der Waals surface area contributed by atoms with Gasteiger partial charge < -0.3 is 5.73 Å². The van der Waals surface area contributed by atoms with Crippen LogP contribution in [0.2, 0.25) is 0 Å². The Hall–Kier alpha value is -1.19. The van der Waals surface area contributed by atoms with Crippen molar-refractivity contribution < 1.29 is 4.39 Å². The summed E-state index contributed by atoms with van der Waals surface area (Å²) in [6, 6.07) is 9.46. The average molecular weight is 322 g/mol. The standard InChI is InChI=1S/C16H17BrFN/c1-9-6-12(4-5-14(9)17)16(19)13-7-10(2)15(18)11(3)8-13/h4-8,16H,19H2,1-3H3. The zero-order chi connectivity index (χ0) is 14.2. The van der Waals surface area contributed by atoms with Crippen LogP contribution in [-0.2, 0) is 0 Å². The highest BCUT2D eigenvalue weighted by Crippen LogP contribution is 2.26. The van der Waals surface area contributed by atoms with Gasteiger partial charge in [0.05, 0.1) is 6.04 Å². The molecule has 19 heavy (non-hydrogen) atoms. The number of hydrogen-bond donors (Lipinski definition) is 1. The SMILES string of the molecule is Cc1cc(C(N)c2cc(C)c(F)c(C)c2)ccc1Br. The number of benzene rings is 2. The highest BCUT2D eigenvalue weighted by atomic mass is 79.9. The Morgan fingerprint density at radius 1 is 0.947 bits per heavy atom. The van der Waals surface area contributed by atoms with Crippen LogP contribution >= 0.6 is 15.9 Å². The summed E-state index contributed by atoms with van der Waals surface area (Å²) in [5.41, 5.74) is 10.7. The van der Waals surface area contributed by atoms with Gasteiger partial charge in [0.25, 0.3) is 0 Å². The molecule has 3 heteroatoms. The van der Waals surface area contributed by atoms with Crippen molar-refractivity contribution >= 4 is 15.9 Å². The van der Waals surface area contributed by atoms with Crippen LogP contribution in [0.15, 0.2) is 34.8 Å². The molecule has 0 radical (unpaired) electrons. The van der Waals surface area contributed by atoms with Gasteiger partial charge in [-0.1, -0.05) is 40.2 Å². The molecule has 0 aliphatic carbocycles. The zero-order valence-corrected chi connectivity index (χ0v) is 12.9. The van der Waals surface area contributed by atoms with Crippen molar-refractivity contribution in [3.05, 3.63) is 68.4 Å². The fourth-order valence-corrected chi connectivity index (χ4v) is 2.46. The van der Waals surface area contributed by atoms with Crippen molar-refractivity contribution in [1.29, 1.82) is 0 Å². The molecular weight excluding hydrogens is 305 g/mol. The van der Waals surface area contributed by atoms with Crippen molar-refractivity contribution in [2.45, 2.75) is 26.8 Å². The fraction of sp³-hybridized carbons (Fsp3) is 0.250. The Labute approximate surface area is 121 Å². The minimum absolute atomic E-state index is 0.150. The second kappa shape index (κ2) is 5.43. The monoisotopic (exact) mass is 321 g/mol. The van der Waals surface area contributed by atoms with Crippen LogP contribution in [0, 0.1) is 26.6 Å². The fourth-order valence-electron chi connectivity index (χ4n) is 2.21. The Balaban J connectivity index is 2.43. The van der Waals surface area contributed by atoms with Crippen molar-refractivity contribution in [2.24, 2.45) is 5.73 Å². The largest absolute Gasteiger partial charge is 0.320 e. The van der Waals surface area contributed by atoms with Gasteiger partial charge in [-0.15, -0.1) is 0 Å². The molecule has 0 spiro atoms. The maximum absolute atomic E-state index is 13.6. The van der Waals surface area contributed by atoms with Gasteiger partial charge in [-0.3, -0.25) is 0 Å². The normalized spacial score (nSPS) is 12.5. The van der Waals surface area contributed by atoms with E-state index in [2.05, 4.69) is 22.0 Å². The van der Waals surface area contributed by atoms with Gasteiger partial charge in [-0.25, -0.2) is 4.39 Å². The van der Waals surface area contributed by atoms with Gasteiger partial charge in [-0.05, 0) is 54.7 Å². The van der Waals surface area contributed by atoms with E-state index in [4.69, 9.17) is 5.73 Å². The summed E-state index contributed by atoms with van der Waals surface area (Å²) in [6.07, 6.45) is 0. The van der Waals surface area contributed by atoms with Crippen LogP contribution < -0.4 is 5.73 Å². The quantitative estimate of drug-likeness (QED) is 0.862. The smallest absolute Gasteiger partial charge is 0.129 e. The van der Waals surface area contributed by atoms with Crippen molar-refractivity contribution in [2.75, 3.05) is 0 Å². The minimum atomic E-state index is -0.232. The maximum Gasteiger partial charge on any atom is 0.129 e. The van der Waals surface area contributed by atoms with Gasteiger partial charge >= 0.3 is 0 Å². The number of rotatable bonds is 2. The van der Waals surface area contributed by atoms with Gasteiger partial charge in [0.15, 0.2) is 0 Å². The molecule has 0 heterocycles. The van der Waals surface area contributed by atoms with Crippen LogP contribution in [-0.4, -0.2) is 0 Å². The molecule has 1 atom stereocenters. The predicted molar refractivity (Wildman–Crippen MR) is 80.8 cm³/mol. The molecule has 0 saturated carbocycles. The van der Waals surface area contributed by atoms with E-state index in [1.807, 2.05) is 31.2 Å². The van der Waals surface area contributed by atoms with E-state index in [0.717, 1.165) is 21.2 Å². The Bertz CT molecular complexity index is 599. The molecule has 2 aromatic rings. The third-order valence-corrected chi connectivity index (χ3v) is 4.25. The predicted octanol–water partition coefficient (Wildman–Crippen LogP) is 4.56. The van der Waals surface area contributed by atoms with Gasteiger partial charge in [0, 0.05) is 4.47 Å².